The van der Waals surface area contributed by atoms with E-state index >= 15 is 0 Å². The molecule has 0 bridgehead atoms. The van der Waals surface area contributed by atoms with E-state index in [1.807, 2.05) is 13.0 Å². The first kappa shape index (κ1) is 29.5. The van der Waals surface area contributed by atoms with Crippen molar-refractivity contribution in [1.82, 2.24) is 29.5 Å². The average Bonchev–Trinajstić information content (AvgIpc) is 3.58. The molecule has 1 aromatic carbocycles. The van der Waals surface area contributed by atoms with Crippen molar-refractivity contribution in [2.45, 2.75) is 26.1 Å². The van der Waals surface area contributed by atoms with E-state index < -0.39 is 11.9 Å². The number of halogens is 3. The number of ether oxygens (including phenoxy) is 2. The zero-order chi connectivity index (χ0) is 29.4. The zero-order valence-corrected chi connectivity index (χ0v) is 22.1. The molecular formula is C26H29F3N8O4. The molecule has 4 N–H and O–H groups in total. The van der Waals surface area contributed by atoms with E-state index in [0.29, 0.717) is 49.8 Å². The van der Waals surface area contributed by atoms with Gasteiger partial charge >= 0.3 is 6.18 Å². The van der Waals surface area contributed by atoms with E-state index in [1.165, 1.54) is 29.2 Å². The highest BCUT2D eigenvalue weighted by molar-refractivity contribution is 5.96. The van der Waals surface area contributed by atoms with Crippen molar-refractivity contribution in [3.05, 3.63) is 59.8 Å². The van der Waals surface area contributed by atoms with Crippen LogP contribution in [0.3, 0.4) is 0 Å². The van der Waals surface area contributed by atoms with Crippen LogP contribution in [0.25, 0.3) is 16.9 Å². The molecule has 0 saturated carbocycles. The van der Waals surface area contributed by atoms with Crippen LogP contribution in [-0.2, 0) is 33.4 Å². The third-order valence-corrected chi connectivity index (χ3v) is 6.03. The van der Waals surface area contributed by atoms with Crippen LogP contribution < -0.4 is 16.4 Å². The molecule has 0 aliphatic carbocycles. The van der Waals surface area contributed by atoms with Crippen LogP contribution in [0.5, 0.6) is 0 Å². The molecule has 1 amide bonds. The number of carbonyl (C=O) groups is 2. The molecule has 12 nitrogen and oxygen atoms in total. The first-order chi connectivity index (χ1) is 19.8. The molecule has 0 aliphatic heterocycles. The van der Waals surface area contributed by atoms with E-state index in [0.717, 1.165) is 10.2 Å². The number of fused-ring (bicyclic) bond motifs is 1. The highest BCUT2D eigenvalue weighted by atomic mass is 19.4. The number of nitrogens with one attached hydrogen (secondary N) is 2. The first-order valence-corrected chi connectivity index (χ1v) is 12.7. The summed E-state index contributed by atoms with van der Waals surface area (Å²) in [6.45, 7) is 3.48. The van der Waals surface area contributed by atoms with Gasteiger partial charge < -0.3 is 25.8 Å². The zero-order valence-electron chi connectivity index (χ0n) is 22.1. The predicted molar refractivity (Wildman–Crippen MR) is 143 cm³/mol. The lowest BCUT2D eigenvalue weighted by Crippen LogP contribution is -2.28. The summed E-state index contributed by atoms with van der Waals surface area (Å²) in [5, 5.41) is 9.63. The number of aromatic nitrogens is 5. The fourth-order valence-corrected chi connectivity index (χ4v) is 4.17. The van der Waals surface area contributed by atoms with Gasteiger partial charge in [0.2, 0.25) is 0 Å². The Morgan fingerprint density at radius 1 is 1.20 bits per heavy atom. The van der Waals surface area contributed by atoms with Gasteiger partial charge in [0, 0.05) is 42.9 Å². The predicted octanol–water partition coefficient (Wildman–Crippen LogP) is 2.80. The number of amides is 1. The number of benzene rings is 1. The average molecular weight is 575 g/mol. The maximum Gasteiger partial charge on any atom is 0.435 e. The Morgan fingerprint density at radius 3 is 2.76 bits per heavy atom. The third kappa shape index (κ3) is 6.99. The molecular weight excluding hydrogens is 545 g/mol. The lowest BCUT2D eigenvalue weighted by atomic mass is 10.0. The van der Waals surface area contributed by atoms with Crippen LogP contribution >= 0.6 is 0 Å². The third-order valence-electron chi connectivity index (χ3n) is 6.03. The Labute approximate surface area is 232 Å². The molecule has 0 spiro atoms. The Balaban J connectivity index is 1.59. The molecule has 0 saturated heterocycles. The first-order valence-electron chi connectivity index (χ1n) is 12.7. The second-order valence-corrected chi connectivity index (χ2v) is 8.74. The number of rotatable bonds is 14. The second-order valence-electron chi connectivity index (χ2n) is 8.74. The van der Waals surface area contributed by atoms with Crippen molar-refractivity contribution in [2.24, 2.45) is 5.73 Å². The van der Waals surface area contributed by atoms with E-state index in [4.69, 9.17) is 10.5 Å². The monoisotopic (exact) mass is 574 g/mol. The maximum atomic E-state index is 13.8. The molecule has 3 heterocycles. The second kappa shape index (κ2) is 13.2. The van der Waals surface area contributed by atoms with E-state index in [9.17, 15) is 22.8 Å². The Kier molecular flexibility index (Phi) is 9.52. The maximum absolute atomic E-state index is 13.8. The number of alkyl halides is 3. The van der Waals surface area contributed by atoms with Gasteiger partial charge in [-0.2, -0.15) is 18.3 Å². The fourth-order valence-electron chi connectivity index (χ4n) is 4.17. The molecule has 3 aromatic heterocycles. The molecule has 4 aromatic rings. The van der Waals surface area contributed by atoms with E-state index in [2.05, 4.69) is 30.4 Å². The summed E-state index contributed by atoms with van der Waals surface area (Å²) >= 11 is 0. The SMILES string of the molecule is CCc1cc(Nc2nccn3c(-c4cn(CCOC=O)nc4C(F)(F)F)cnc23)ccc1C(=O)NCCOCCN. The molecule has 41 heavy (non-hydrogen) atoms. The van der Waals surface area contributed by atoms with Crippen LogP contribution in [0, 0.1) is 0 Å². The minimum atomic E-state index is -4.73. The number of carbonyl (C=O) groups excluding carboxylic acids is 2. The van der Waals surface area contributed by atoms with Crippen molar-refractivity contribution in [1.29, 1.82) is 0 Å². The highest BCUT2D eigenvalue weighted by Gasteiger charge is 2.38. The van der Waals surface area contributed by atoms with Gasteiger partial charge in [-0.25, -0.2) is 9.97 Å². The molecule has 0 aliphatic rings. The standard InChI is InChI=1S/C26H29F3N8O4/c1-2-17-13-18(3-4-19(17)25(39)32-7-11-40-10-5-30)34-23-24-33-14-21(37(24)8-6-31-23)20-15-36(9-12-41-16-38)35-22(20)26(27,28)29/h3-4,6,8,13-16H,2,5,7,9-12,30H2,1H3,(H,31,34)(H,32,39). The van der Waals surface area contributed by atoms with Crippen molar-refractivity contribution in [3.63, 3.8) is 0 Å². The van der Waals surface area contributed by atoms with Gasteiger partial charge in [0.1, 0.15) is 6.61 Å². The fraction of sp³-hybridized carbons (Fsp3) is 0.346. The van der Waals surface area contributed by atoms with E-state index in [1.54, 1.807) is 12.1 Å². The summed E-state index contributed by atoms with van der Waals surface area (Å²) in [5.41, 5.74) is 6.45. The van der Waals surface area contributed by atoms with Crippen LogP contribution in [-0.4, -0.2) is 69.4 Å². The van der Waals surface area contributed by atoms with Gasteiger partial charge in [0.15, 0.2) is 17.2 Å². The Morgan fingerprint density at radius 2 is 2.02 bits per heavy atom. The van der Waals surface area contributed by atoms with Gasteiger partial charge in [-0.15, -0.1) is 0 Å². The molecule has 218 valence electrons. The normalized spacial score (nSPS) is 11.5. The Bertz CT molecular complexity index is 1500. The van der Waals surface area contributed by atoms with Crippen molar-refractivity contribution in [2.75, 3.05) is 38.2 Å². The number of hydrogen-bond donors (Lipinski definition) is 3. The van der Waals surface area contributed by atoms with Crippen molar-refractivity contribution < 1.29 is 32.2 Å². The summed E-state index contributed by atoms with van der Waals surface area (Å²) in [5.74, 6) is 0.0667. The van der Waals surface area contributed by atoms with Gasteiger partial charge in [0.05, 0.1) is 37.2 Å². The quantitative estimate of drug-likeness (QED) is 0.153. The van der Waals surface area contributed by atoms with Crippen molar-refractivity contribution >= 4 is 29.5 Å². The van der Waals surface area contributed by atoms with Gasteiger partial charge in [-0.1, -0.05) is 6.92 Å². The Hall–Kier alpha value is -4.50. The summed E-state index contributed by atoms with van der Waals surface area (Å²) in [4.78, 5) is 31.7. The van der Waals surface area contributed by atoms with Gasteiger partial charge in [-0.05, 0) is 30.2 Å². The number of hydrogen-bond acceptors (Lipinski definition) is 9. The van der Waals surface area contributed by atoms with Crippen LogP contribution in [0.4, 0.5) is 24.7 Å². The summed E-state index contributed by atoms with van der Waals surface area (Å²) in [6, 6.07) is 5.20. The molecule has 0 fully saturated rings. The topological polar surface area (TPSA) is 151 Å². The molecule has 4 rings (SSSR count). The lowest BCUT2D eigenvalue weighted by molar-refractivity contribution is -0.141. The van der Waals surface area contributed by atoms with Crippen molar-refractivity contribution in [3.8, 4) is 11.3 Å². The molecule has 0 radical (unpaired) electrons. The van der Waals surface area contributed by atoms with E-state index in [-0.39, 0.29) is 42.4 Å². The number of aryl methyl sites for hydroxylation is 1. The molecule has 0 unspecified atom stereocenters. The van der Waals surface area contributed by atoms with Crippen LogP contribution in [0.1, 0.15) is 28.5 Å². The molecule has 15 heteroatoms. The largest absolute Gasteiger partial charge is 0.466 e. The lowest BCUT2D eigenvalue weighted by Gasteiger charge is -2.13. The minimum absolute atomic E-state index is 0.0528. The minimum Gasteiger partial charge on any atom is -0.466 e. The number of anilines is 2. The van der Waals surface area contributed by atoms with Gasteiger partial charge in [0.25, 0.3) is 12.4 Å². The van der Waals surface area contributed by atoms with Gasteiger partial charge in [-0.3, -0.25) is 18.7 Å². The summed E-state index contributed by atoms with van der Waals surface area (Å²) in [6.07, 6.45) is 1.32. The highest BCUT2D eigenvalue weighted by Crippen LogP contribution is 2.37. The van der Waals surface area contributed by atoms with Crippen LogP contribution in [0.2, 0.25) is 0 Å². The van der Waals surface area contributed by atoms with Crippen LogP contribution in [0.15, 0.2) is 43.0 Å². The number of nitrogens with two attached hydrogens (primary N) is 1. The number of nitrogens with zero attached hydrogens (tertiary/aromatic N) is 5. The summed E-state index contributed by atoms with van der Waals surface area (Å²) in [7, 11) is 0. The molecule has 0 atom stereocenters. The summed E-state index contributed by atoms with van der Waals surface area (Å²) < 4.78 is 53.9. The number of imidazole rings is 1. The smallest absolute Gasteiger partial charge is 0.435 e.